The summed E-state index contributed by atoms with van der Waals surface area (Å²) in [6.45, 7) is 5.51. The maximum atomic E-state index is 14.1. The van der Waals surface area contributed by atoms with Gasteiger partial charge in [-0.1, -0.05) is 36.4 Å². The van der Waals surface area contributed by atoms with Gasteiger partial charge in [0.15, 0.2) is 6.61 Å². The molecule has 2 amide bonds. The minimum Gasteiger partial charge on any atom is -0.484 e. The summed E-state index contributed by atoms with van der Waals surface area (Å²) in [7, 11) is 0. The van der Waals surface area contributed by atoms with Crippen molar-refractivity contribution in [1.82, 2.24) is 10.2 Å². The van der Waals surface area contributed by atoms with Crippen LogP contribution in [0.25, 0.3) is 0 Å². The first-order chi connectivity index (χ1) is 12.9. The van der Waals surface area contributed by atoms with Gasteiger partial charge in [0, 0.05) is 18.7 Å². The van der Waals surface area contributed by atoms with Crippen molar-refractivity contribution in [2.24, 2.45) is 0 Å². The van der Waals surface area contributed by atoms with Crippen LogP contribution in [0.5, 0.6) is 5.75 Å². The normalized spacial score (nSPS) is 11.6. The zero-order valence-electron chi connectivity index (χ0n) is 15.9. The number of halogens is 1. The van der Waals surface area contributed by atoms with E-state index in [1.54, 1.807) is 38.1 Å². The quantitative estimate of drug-likeness (QED) is 0.775. The lowest BCUT2D eigenvalue weighted by Gasteiger charge is -2.28. The fourth-order valence-corrected chi connectivity index (χ4v) is 2.66. The van der Waals surface area contributed by atoms with Crippen LogP contribution in [0.3, 0.4) is 0 Å². The number of para-hydroxylation sites is 1. The molecule has 0 saturated heterocycles. The highest BCUT2D eigenvalue weighted by molar-refractivity contribution is 5.87. The molecule has 1 N–H and O–H groups in total. The van der Waals surface area contributed by atoms with Gasteiger partial charge in [0.25, 0.3) is 5.91 Å². The monoisotopic (exact) mass is 372 g/mol. The number of carbonyl (C=O) groups excluding carboxylic acids is 2. The minimum absolute atomic E-state index is 0.0130. The summed E-state index contributed by atoms with van der Waals surface area (Å²) in [5, 5.41) is 2.70. The van der Waals surface area contributed by atoms with Crippen LogP contribution in [-0.4, -0.2) is 35.9 Å². The Labute approximate surface area is 159 Å². The number of carbonyl (C=O) groups is 2. The third-order valence-electron chi connectivity index (χ3n) is 4.26. The van der Waals surface area contributed by atoms with Crippen molar-refractivity contribution in [1.29, 1.82) is 0 Å². The number of likely N-dealkylation sites (N-methyl/N-ethyl adjacent to an activating group) is 1. The van der Waals surface area contributed by atoms with Gasteiger partial charge < -0.3 is 15.0 Å². The number of ether oxygens (including phenoxy) is 1. The molecule has 5 nitrogen and oxygen atoms in total. The highest BCUT2D eigenvalue weighted by Crippen LogP contribution is 2.17. The lowest BCUT2D eigenvalue weighted by Crippen LogP contribution is -2.49. The van der Waals surface area contributed by atoms with Crippen LogP contribution >= 0.6 is 0 Å². The summed E-state index contributed by atoms with van der Waals surface area (Å²) in [5.74, 6) is -0.501. The molecule has 0 heterocycles. The van der Waals surface area contributed by atoms with E-state index in [9.17, 15) is 14.0 Å². The van der Waals surface area contributed by atoms with Crippen molar-refractivity contribution >= 4 is 11.8 Å². The van der Waals surface area contributed by atoms with E-state index in [2.05, 4.69) is 5.32 Å². The van der Waals surface area contributed by atoms with Gasteiger partial charge >= 0.3 is 0 Å². The zero-order valence-corrected chi connectivity index (χ0v) is 15.9. The molecular formula is C21H25FN2O3. The van der Waals surface area contributed by atoms with E-state index in [0.717, 1.165) is 5.56 Å². The van der Waals surface area contributed by atoms with Crippen molar-refractivity contribution < 1.29 is 18.7 Å². The fourth-order valence-electron chi connectivity index (χ4n) is 2.66. The number of amides is 2. The highest BCUT2D eigenvalue weighted by Gasteiger charge is 2.27. The number of aryl methyl sites for hydroxylation is 1. The molecule has 0 bridgehead atoms. The first-order valence-electron chi connectivity index (χ1n) is 8.93. The van der Waals surface area contributed by atoms with Crippen molar-refractivity contribution in [2.75, 3.05) is 13.2 Å². The molecule has 0 radical (unpaired) electrons. The molecule has 1 unspecified atom stereocenters. The van der Waals surface area contributed by atoms with E-state index in [1.807, 2.05) is 25.1 Å². The molecule has 0 aliphatic carbocycles. The Hall–Kier alpha value is -2.89. The number of rotatable bonds is 8. The predicted octanol–water partition coefficient (Wildman–Crippen LogP) is 3.07. The number of hydrogen-bond donors (Lipinski definition) is 1. The molecule has 0 spiro atoms. The van der Waals surface area contributed by atoms with Crippen molar-refractivity contribution in [3.63, 3.8) is 0 Å². The molecule has 2 rings (SSSR count). The number of nitrogens with zero attached hydrogens (tertiary/aromatic N) is 1. The summed E-state index contributed by atoms with van der Waals surface area (Å²) in [6, 6.07) is 12.8. The second-order valence-corrected chi connectivity index (χ2v) is 6.24. The van der Waals surface area contributed by atoms with Crippen molar-refractivity contribution in [3.05, 3.63) is 65.5 Å². The zero-order chi connectivity index (χ0) is 19.8. The number of hydrogen-bond acceptors (Lipinski definition) is 3. The Bertz CT molecular complexity index is 795. The van der Waals surface area contributed by atoms with E-state index < -0.39 is 11.9 Å². The first kappa shape index (κ1) is 20.4. The molecule has 0 aliphatic rings. The van der Waals surface area contributed by atoms with Crippen LogP contribution in [0.1, 0.15) is 25.0 Å². The standard InChI is InChI=1S/C21H25FN2O3/c1-4-23-21(26)16(3)24(13-17-10-6-7-11-18(17)22)20(25)14-27-19-12-8-5-9-15(19)2/h5-12,16H,4,13-14H2,1-3H3,(H,23,26). The molecule has 2 aromatic carbocycles. The average molecular weight is 372 g/mol. The molecule has 144 valence electrons. The summed E-state index contributed by atoms with van der Waals surface area (Å²) in [6.07, 6.45) is 0. The molecule has 0 fully saturated rings. The molecular weight excluding hydrogens is 347 g/mol. The summed E-state index contributed by atoms with van der Waals surface area (Å²) in [5.41, 5.74) is 1.25. The van der Waals surface area contributed by atoms with Gasteiger partial charge in [-0.05, 0) is 38.5 Å². The fraction of sp³-hybridized carbons (Fsp3) is 0.333. The Morgan fingerprint density at radius 1 is 1.15 bits per heavy atom. The average Bonchev–Trinajstić information content (AvgIpc) is 2.66. The Kier molecular flexibility index (Phi) is 7.34. The molecule has 1 atom stereocenters. The molecule has 2 aromatic rings. The predicted molar refractivity (Wildman–Crippen MR) is 102 cm³/mol. The third kappa shape index (κ3) is 5.54. The van der Waals surface area contributed by atoms with E-state index in [1.165, 1.54) is 11.0 Å². The van der Waals surface area contributed by atoms with E-state index >= 15 is 0 Å². The van der Waals surface area contributed by atoms with Crippen LogP contribution in [0.2, 0.25) is 0 Å². The summed E-state index contributed by atoms with van der Waals surface area (Å²) >= 11 is 0. The SMILES string of the molecule is CCNC(=O)C(C)N(Cc1ccccc1F)C(=O)COc1ccccc1C. The number of nitrogens with one attached hydrogen (secondary N) is 1. The van der Waals surface area contributed by atoms with Gasteiger partial charge in [-0.15, -0.1) is 0 Å². The molecule has 6 heteroatoms. The smallest absolute Gasteiger partial charge is 0.261 e. The van der Waals surface area contributed by atoms with Crippen LogP contribution in [0.4, 0.5) is 4.39 Å². The minimum atomic E-state index is -0.752. The molecule has 0 aliphatic heterocycles. The summed E-state index contributed by atoms with van der Waals surface area (Å²) in [4.78, 5) is 26.4. The lowest BCUT2D eigenvalue weighted by atomic mass is 10.1. The number of benzene rings is 2. The Morgan fingerprint density at radius 2 is 1.81 bits per heavy atom. The molecule has 0 aromatic heterocycles. The Morgan fingerprint density at radius 3 is 2.48 bits per heavy atom. The van der Waals surface area contributed by atoms with Gasteiger partial charge in [-0.2, -0.15) is 0 Å². The van der Waals surface area contributed by atoms with Gasteiger partial charge in [-0.3, -0.25) is 9.59 Å². The first-order valence-corrected chi connectivity index (χ1v) is 8.93. The van der Waals surface area contributed by atoms with E-state index in [0.29, 0.717) is 17.9 Å². The lowest BCUT2D eigenvalue weighted by molar-refractivity contribution is -0.142. The van der Waals surface area contributed by atoms with Gasteiger partial charge in [0.1, 0.15) is 17.6 Å². The van der Waals surface area contributed by atoms with Crippen molar-refractivity contribution in [3.8, 4) is 5.75 Å². The molecule has 27 heavy (non-hydrogen) atoms. The highest BCUT2D eigenvalue weighted by atomic mass is 19.1. The van der Waals surface area contributed by atoms with Gasteiger partial charge in [-0.25, -0.2) is 4.39 Å². The van der Waals surface area contributed by atoms with Crippen LogP contribution in [0.15, 0.2) is 48.5 Å². The topological polar surface area (TPSA) is 58.6 Å². The van der Waals surface area contributed by atoms with Crippen LogP contribution in [0, 0.1) is 12.7 Å². The van der Waals surface area contributed by atoms with E-state index in [-0.39, 0.29) is 25.0 Å². The second-order valence-electron chi connectivity index (χ2n) is 6.24. The maximum Gasteiger partial charge on any atom is 0.261 e. The summed E-state index contributed by atoms with van der Waals surface area (Å²) < 4.78 is 19.7. The van der Waals surface area contributed by atoms with Crippen LogP contribution in [-0.2, 0) is 16.1 Å². The molecule has 0 saturated carbocycles. The van der Waals surface area contributed by atoms with Gasteiger partial charge in [0.2, 0.25) is 5.91 Å². The largest absolute Gasteiger partial charge is 0.484 e. The van der Waals surface area contributed by atoms with Gasteiger partial charge in [0.05, 0.1) is 0 Å². The van der Waals surface area contributed by atoms with Crippen LogP contribution < -0.4 is 10.1 Å². The Balaban J connectivity index is 2.17. The maximum absolute atomic E-state index is 14.1. The second kappa shape index (κ2) is 9.71. The van der Waals surface area contributed by atoms with Crippen molar-refractivity contribution in [2.45, 2.75) is 33.4 Å². The van der Waals surface area contributed by atoms with E-state index in [4.69, 9.17) is 4.74 Å². The third-order valence-corrected chi connectivity index (χ3v) is 4.26.